The largest absolute Gasteiger partial charge is 0.397 e. The van der Waals surface area contributed by atoms with Gasteiger partial charge in [-0.05, 0) is 38.8 Å². The molecular weight excluding hydrogens is 212 g/mol. The first-order valence-electron chi connectivity index (χ1n) is 6.26. The van der Waals surface area contributed by atoms with Crippen LogP contribution in [0.15, 0.2) is 24.3 Å². The van der Waals surface area contributed by atoms with E-state index in [-0.39, 0.29) is 0 Å². The fraction of sp³-hybridized carbons (Fsp3) is 0.571. The molecule has 0 saturated heterocycles. The maximum absolute atomic E-state index is 9.79. The molecule has 0 bridgehead atoms. The predicted octanol–water partition coefficient (Wildman–Crippen LogP) is 2.65. The highest BCUT2D eigenvalue weighted by atomic mass is 16.3. The zero-order chi connectivity index (χ0) is 12.9. The van der Waals surface area contributed by atoms with E-state index in [1.165, 1.54) is 0 Å². The van der Waals surface area contributed by atoms with Crippen molar-refractivity contribution in [2.24, 2.45) is 0 Å². The Balaban J connectivity index is 2.75. The van der Waals surface area contributed by atoms with Crippen molar-refractivity contribution in [2.75, 3.05) is 23.7 Å². The SMILES string of the molecule is CCCN(CCC(C)(C)O)c1ccccc1N. The minimum atomic E-state index is -0.629. The van der Waals surface area contributed by atoms with E-state index in [9.17, 15) is 5.11 Å². The molecule has 17 heavy (non-hydrogen) atoms. The van der Waals surface area contributed by atoms with Crippen LogP contribution >= 0.6 is 0 Å². The van der Waals surface area contributed by atoms with Crippen molar-refractivity contribution in [2.45, 2.75) is 39.2 Å². The average Bonchev–Trinajstić information content (AvgIpc) is 2.24. The molecule has 0 fully saturated rings. The summed E-state index contributed by atoms with van der Waals surface area (Å²) in [6, 6.07) is 7.90. The third kappa shape index (κ3) is 4.65. The Bertz CT molecular complexity index is 344. The topological polar surface area (TPSA) is 49.5 Å². The molecule has 0 aliphatic carbocycles. The first-order chi connectivity index (χ1) is 7.94. The number of rotatable bonds is 6. The van der Waals surface area contributed by atoms with Gasteiger partial charge >= 0.3 is 0 Å². The number of nitrogens with zero attached hydrogens (tertiary/aromatic N) is 1. The molecule has 0 aromatic heterocycles. The average molecular weight is 236 g/mol. The van der Waals surface area contributed by atoms with E-state index < -0.39 is 5.60 Å². The van der Waals surface area contributed by atoms with Gasteiger partial charge in [-0.25, -0.2) is 0 Å². The van der Waals surface area contributed by atoms with Crippen LogP contribution in [0.5, 0.6) is 0 Å². The summed E-state index contributed by atoms with van der Waals surface area (Å²) in [5.74, 6) is 0. The van der Waals surface area contributed by atoms with Crippen molar-refractivity contribution >= 4 is 11.4 Å². The third-order valence-electron chi connectivity index (χ3n) is 2.76. The molecule has 1 aromatic rings. The van der Waals surface area contributed by atoms with Crippen LogP contribution in [0.3, 0.4) is 0 Å². The van der Waals surface area contributed by atoms with Crippen molar-refractivity contribution in [1.29, 1.82) is 0 Å². The van der Waals surface area contributed by atoms with Gasteiger partial charge in [0.15, 0.2) is 0 Å². The van der Waals surface area contributed by atoms with Crippen LogP contribution in [-0.2, 0) is 0 Å². The summed E-state index contributed by atoms with van der Waals surface area (Å²) in [5.41, 5.74) is 7.23. The van der Waals surface area contributed by atoms with Crippen molar-refractivity contribution < 1.29 is 5.11 Å². The highest BCUT2D eigenvalue weighted by Gasteiger charge is 2.16. The minimum Gasteiger partial charge on any atom is -0.397 e. The van der Waals surface area contributed by atoms with Gasteiger partial charge in [0, 0.05) is 13.1 Å². The van der Waals surface area contributed by atoms with E-state index in [1.807, 2.05) is 38.1 Å². The fourth-order valence-electron chi connectivity index (χ4n) is 1.81. The van der Waals surface area contributed by atoms with Crippen LogP contribution < -0.4 is 10.6 Å². The highest BCUT2D eigenvalue weighted by molar-refractivity contribution is 5.67. The normalized spacial score (nSPS) is 11.5. The van der Waals surface area contributed by atoms with Gasteiger partial charge in [-0.2, -0.15) is 0 Å². The predicted molar refractivity (Wildman–Crippen MR) is 74.3 cm³/mol. The van der Waals surface area contributed by atoms with Crippen LogP contribution in [0, 0.1) is 0 Å². The van der Waals surface area contributed by atoms with E-state index in [2.05, 4.69) is 11.8 Å². The lowest BCUT2D eigenvalue weighted by Crippen LogP contribution is -2.32. The standard InChI is InChI=1S/C14H24N2O/c1-4-10-16(11-9-14(2,3)17)13-8-6-5-7-12(13)15/h5-8,17H,4,9-11,15H2,1-3H3. The van der Waals surface area contributed by atoms with E-state index >= 15 is 0 Å². The summed E-state index contributed by atoms with van der Waals surface area (Å²) in [4.78, 5) is 2.24. The zero-order valence-electron chi connectivity index (χ0n) is 11.1. The Morgan fingerprint density at radius 2 is 1.88 bits per heavy atom. The molecule has 3 nitrogen and oxygen atoms in total. The summed E-state index contributed by atoms with van der Waals surface area (Å²) in [6.45, 7) is 7.61. The Labute approximate surface area is 104 Å². The van der Waals surface area contributed by atoms with E-state index in [0.717, 1.165) is 37.3 Å². The van der Waals surface area contributed by atoms with Crippen molar-refractivity contribution in [3.63, 3.8) is 0 Å². The highest BCUT2D eigenvalue weighted by Crippen LogP contribution is 2.23. The number of nitrogen functional groups attached to an aromatic ring is 1. The maximum atomic E-state index is 9.79. The quantitative estimate of drug-likeness (QED) is 0.747. The smallest absolute Gasteiger partial charge is 0.0608 e. The summed E-state index contributed by atoms with van der Waals surface area (Å²) >= 11 is 0. The van der Waals surface area contributed by atoms with Crippen molar-refractivity contribution in [3.8, 4) is 0 Å². The molecule has 3 N–H and O–H groups in total. The molecule has 0 saturated carbocycles. The molecule has 1 rings (SSSR count). The van der Waals surface area contributed by atoms with Gasteiger partial charge in [-0.1, -0.05) is 19.1 Å². The lowest BCUT2D eigenvalue weighted by molar-refractivity contribution is 0.0731. The number of hydrogen-bond acceptors (Lipinski definition) is 3. The molecule has 0 heterocycles. The van der Waals surface area contributed by atoms with Crippen LogP contribution in [0.1, 0.15) is 33.6 Å². The Morgan fingerprint density at radius 1 is 1.24 bits per heavy atom. The summed E-state index contributed by atoms with van der Waals surface area (Å²) in [7, 11) is 0. The Hall–Kier alpha value is -1.22. The lowest BCUT2D eigenvalue weighted by Gasteiger charge is -2.28. The summed E-state index contributed by atoms with van der Waals surface area (Å²) in [5, 5.41) is 9.79. The molecule has 0 aliphatic rings. The molecule has 96 valence electrons. The molecule has 0 spiro atoms. The summed E-state index contributed by atoms with van der Waals surface area (Å²) in [6.07, 6.45) is 1.81. The van der Waals surface area contributed by atoms with Gasteiger partial charge in [0.2, 0.25) is 0 Å². The zero-order valence-corrected chi connectivity index (χ0v) is 11.1. The summed E-state index contributed by atoms with van der Waals surface area (Å²) < 4.78 is 0. The molecule has 0 unspecified atom stereocenters. The Morgan fingerprint density at radius 3 is 2.41 bits per heavy atom. The van der Waals surface area contributed by atoms with Gasteiger partial charge in [0.1, 0.15) is 0 Å². The van der Waals surface area contributed by atoms with E-state index in [1.54, 1.807) is 0 Å². The first-order valence-corrected chi connectivity index (χ1v) is 6.26. The van der Waals surface area contributed by atoms with Gasteiger partial charge in [-0.15, -0.1) is 0 Å². The fourth-order valence-corrected chi connectivity index (χ4v) is 1.81. The molecule has 0 atom stereocenters. The van der Waals surface area contributed by atoms with Gasteiger partial charge in [0.05, 0.1) is 17.0 Å². The molecule has 3 heteroatoms. The molecule has 0 amide bonds. The van der Waals surface area contributed by atoms with Crippen LogP contribution in [0.2, 0.25) is 0 Å². The Kier molecular flexibility index (Phi) is 4.82. The second kappa shape index (κ2) is 5.92. The minimum absolute atomic E-state index is 0.629. The van der Waals surface area contributed by atoms with E-state index in [4.69, 9.17) is 5.73 Å². The van der Waals surface area contributed by atoms with Gasteiger partial charge in [0.25, 0.3) is 0 Å². The van der Waals surface area contributed by atoms with Crippen LogP contribution in [-0.4, -0.2) is 23.8 Å². The second-order valence-corrected chi connectivity index (χ2v) is 5.11. The third-order valence-corrected chi connectivity index (χ3v) is 2.76. The van der Waals surface area contributed by atoms with Gasteiger partial charge in [-0.3, -0.25) is 0 Å². The number of benzene rings is 1. The number of aliphatic hydroxyl groups is 1. The van der Waals surface area contributed by atoms with Crippen molar-refractivity contribution in [3.05, 3.63) is 24.3 Å². The van der Waals surface area contributed by atoms with Crippen LogP contribution in [0.25, 0.3) is 0 Å². The van der Waals surface area contributed by atoms with Crippen LogP contribution in [0.4, 0.5) is 11.4 Å². The molecule has 0 aliphatic heterocycles. The van der Waals surface area contributed by atoms with Crippen molar-refractivity contribution in [1.82, 2.24) is 0 Å². The number of anilines is 2. The van der Waals surface area contributed by atoms with E-state index in [0.29, 0.717) is 0 Å². The first kappa shape index (κ1) is 13.8. The molecular formula is C14H24N2O. The monoisotopic (exact) mass is 236 g/mol. The second-order valence-electron chi connectivity index (χ2n) is 5.11. The molecule has 1 aromatic carbocycles. The number of nitrogens with two attached hydrogens (primary N) is 1. The lowest BCUT2D eigenvalue weighted by atomic mass is 10.0. The number of para-hydroxylation sites is 2. The molecule has 0 radical (unpaired) electrons. The maximum Gasteiger partial charge on any atom is 0.0608 e. The van der Waals surface area contributed by atoms with Gasteiger partial charge < -0.3 is 15.7 Å². The number of hydrogen-bond donors (Lipinski definition) is 2.